The molecule has 0 spiro atoms. The Hall–Kier alpha value is -3.24. The van der Waals surface area contributed by atoms with Crippen molar-refractivity contribution in [2.45, 2.75) is 4.33 Å². The third kappa shape index (κ3) is 3.47. The lowest BCUT2D eigenvalue weighted by molar-refractivity contribution is 0.414. The Morgan fingerprint density at radius 3 is 1.62 bits per heavy atom. The number of halogens is 2. The van der Waals surface area contributed by atoms with Gasteiger partial charge in [-0.05, 0) is 45.1 Å². The number of methoxy groups -OCH3 is 2. The summed E-state index contributed by atoms with van der Waals surface area (Å²) in [5.41, 5.74) is 1.21. The second kappa shape index (κ2) is 7.64. The predicted molar refractivity (Wildman–Crippen MR) is 104 cm³/mol. The lowest BCUT2D eigenvalue weighted by atomic mass is 10.2. The highest BCUT2D eigenvalue weighted by Crippen LogP contribution is 2.39. The van der Waals surface area contributed by atoms with Crippen LogP contribution in [0.5, 0.6) is 11.5 Å². The molecule has 0 aliphatic rings. The molecule has 148 valence electrons. The minimum absolute atomic E-state index is 0.119. The fourth-order valence-corrected chi connectivity index (χ4v) is 3.17. The van der Waals surface area contributed by atoms with Gasteiger partial charge in [0.1, 0.15) is 11.5 Å². The Bertz CT molecular complexity index is 1060. The van der Waals surface area contributed by atoms with Crippen LogP contribution in [0.3, 0.4) is 0 Å². The summed E-state index contributed by atoms with van der Waals surface area (Å²) in [6.45, 7) is 0. The minimum Gasteiger partial charge on any atom is -0.497 e. The van der Waals surface area contributed by atoms with Crippen LogP contribution >= 0.6 is 23.2 Å². The Balaban J connectivity index is 1.80. The first kappa shape index (κ1) is 19.1. The number of hydrogen-bond donors (Lipinski definition) is 0. The van der Waals surface area contributed by atoms with Gasteiger partial charge in [0.25, 0.3) is 0 Å². The van der Waals surface area contributed by atoms with Crippen molar-refractivity contribution in [3.63, 3.8) is 0 Å². The number of tetrazole rings is 2. The molecule has 4 aromatic rings. The van der Waals surface area contributed by atoms with Crippen molar-refractivity contribution in [2.24, 2.45) is 0 Å². The highest BCUT2D eigenvalue weighted by Gasteiger charge is 2.41. The van der Waals surface area contributed by atoms with Crippen LogP contribution in [0.1, 0.15) is 11.6 Å². The first-order chi connectivity index (χ1) is 14.0. The maximum absolute atomic E-state index is 6.70. The van der Waals surface area contributed by atoms with Crippen molar-refractivity contribution in [1.29, 1.82) is 0 Å². The van der Waals surface area contributed by atoms with Crippen LogP contribution in [0.15, 0.2) is 48.5 Å². The van der Waals surface area contributed by atoms with E-state index in [1.165, 1.54) is 9.36 Å². The third-order valence-electron chi connectivity index (χ3n) is 4.10. The van der Waals surface area contributed by atoms with Gasteiger partial charge < -0.3 is 9.47 Å². The second-order valence-corrected chi connectivity index (χ2v) is 7.13. The molecule has 12 heteroatoms. The molecule has 0 aliphatic heterocycles. The van der Waals surface area contributed by atoms with Gasteiger partial charge in [-0.1, -0.05) is 35.3 Å². The number of alkyl halides is 2. The van der Waals surface area contributed by atoms with E-state index in [1.54, 1.807) is 62.8 Å². The lowest BCUT2D eigenvalue weighted by Crippen LogP contribution is -2.24. The smallest absolute Gasteiger partial charge is 0.240 e. The van der Waals surface area contributed by atoms with E-state index in [0.717, 1.165) is 0 Å². The molecule has 0 radical (unpaired) electrons. The van der Waals surface area contributed by atoms with E-state index in [-0.39, 0.29) is 11.6 Å². The van der Waals surface area contributed by atoms with Crippen LogP contribution in [0.2, 0.25) is 0 Å². The SMILES string of the molecule is COc1cccc(-n2nnnc2C(Cl)(Cl)c2nnnn2-c2cccc(OC)c2)c1. The van der Waals surface area contributed by atoms with Gasteiger partial charge in [-0.3, -0.25) is 0 Å². The summed E-state index contributed by atoms with van der Waals surface area (Å²) in [6, 6.07) is 14.3. The average Bonchev–Trinajstić information content (AvgIpc) is 3.44. The molecule has 10 nitrogen and oxygen atoms in total. The summed E-state index contributed by atoms with van der Waals surface area (Å²) in [4.78, 5) is 0. The topological polar surface area (TPSA) is 106 Å². The molecule has 0 N–H and O–H groups in total. The highest BCUT2D eigenvalue weighted by atomic mass is 35.5. The van der Waals surface area contributed by atoms with Crippen LogP contribution < -0.4 is 9.47 Å². The highest BCUT2D eigenvalue weighted by molar-refractivity contribution is 6.49. The van der Waals surface area contributed by atoms with Crippen molar-refractivity contribution < 1.29 is 9.47 Å². The maximum atomic E-state index is 6.70. The predicted octanol–water partition coefficient (Wildman–Crippen LogP) is 2.33. The molecule has 0 saturated carbocycles. The van der Waals surface area contributed by atoms with E-state index in [0.29, 0.717) is 22.9 Å². The van der Waals surface area contributed by atoms with Gasteiger partial charge in [0, 0.05) is 12.1 Å². The minimum atomic E-state index is -1.76. The summed E-state index contributed by atoms with van der Waals surface area (Å²) in [7, 11) is 3.13. The van der Waals surface area contributed by atoms with Gasteiger partial charge in [0.2, 0.25) is 16.0 Å². The van der Waals surface area contributed by atoms with Crippen molar-refractivity contribution in [3.05, 3.63) is 60.2 Å². The molecule has 0 unspecified atom stereocenters. The maximum Gasteiger partial charge on any atom is 0.240 e. The van der Waals surface area contributed by atoms with Crippen molar-refractivity contribution in [2.75, 3.05) is 14.2 Å². The number of hydrogen-bond acceptors (Lipinski definition) is 8. The molecule has 2 heterocycles. The Labute approximate surface area is 174 Å². The molecule has 0 bridgehead atoms. The molecule has 29 heavy (non-hydrogen) atoms. The summed E-state index contributed by atoms with van der Waals surface area (Å²) in [5.74, 6) is 1.49. The fourth-order valence-electron chi connectivity index (χ4n) is 2.70. The van der Waals surface area contributed by atoms with Crippen molar-refractivity contribution >= 4 is 23.2 Å². The molecule has 0 aliphatic carbocycles. The summed E-state index contributed by atoms with van der Waals surface area (Å²) in [5, 5.41) is 23.4. The van der Waals surface area contributed by atoms with E-state index >= 15 is 0 Å². The van der Waals surface area contributed by atoms with E-state index in [1.807, 2.05) is 0 Å². The number of ether oxygens (including phenoxy) is 2. The zero-order valence-corrected chi connectivity index (χ0v) is 16.8. The molecular weight excluding hydrogens is 419 g/mol. The van der Waals surface area contributed by atoms with Crippen LogP contribution in [0.25, 0.3) is 11.4 Å². The van der Waals surface area contributed by atoms with Crippen LogP contribution in [-0.2, 0) is 4.33 Å². The van der Waals surface area contributed by atoms with Gasteiger partial charge >= 0.3 is 0 Å². The third-order valence-corrected chi connectivity index (χ3v) is 4.77. The fraction of sp³-hybridized carbons (Fsp3) is 0.176. The van der Waals surface area contributed by atoms with E-state index < -0.39 is 4.33 Å². The lowest BCUT2D eigenvalue weighted by Gasteiger charge is -2.18. The van der Waals surface area contributed by atoms with Crippen molar-refractivity contribution in [3.8, 4) is 22.9 Å². The van der Waals surface area contributed by atoms with E-state index in [4.69, 9.17) is 32.7 Å². The van der Waals surface area contributed by atoms with E-state index in [9.17, 15) is 0 Å². The Morgan fingerprint density at radius 1 is 0.759 bits per heavy atom. The van der Waals surface area contributed by atoms with Crippen LogP contribution in [0, 0.1) is 0 Å². The summed E-state index contributed by atoms with van der Waals surface area (Å²) in [6.07, 6.45) is 0. The Kier molecular flexibility index (Phi) is 5.03. The van der Waals surface area contributed by atoms with Gasteiger partial charge in [0.15, 0.2) is 0 Å². The standard InChI is InChI=1S/C17H14Cl2N8O2/c1-28-13-7-3-5-11(9-13)26-15(20-22-24-26)17(18,19)16-21-23-25-27(16)12-6-4-8-14(10-12)29-2/h3-10H,1-2H3. The summed E-state index contributed by atoms with van der Waals surface area (Å²) >= 11 is 13.4. The molecule has 2 aromatic carbocycles. The molecule has 2 aromatic heterocycles. The van der Waals surface area contributed by atoms with Crippen LogP contribution in [0.4, 0.5) is 0 Å². The number of nitrogens with zero attached hydrogens (tertiary/aromatic N) is 8. The van der Waals surface area contributed by atoms with Crippen molar-refractivity contribution in [1.82, 2.24) is 40.4 Å². The Morgan fingerprint density at radius 2 is 1.21 bits per heavy atom. The number of benzene rings is 2. The van der Waals surface area contributed by atoms with Gasteiger partial charge in [-0.15, -0.1) is 10.2 Å². The number of aromatic nitrogens is 8. The first-order valence-electron chi connectivity index (χ1n) is 8.29. The van der Waals surface area contributed by atoms with Gasteiger partial charge in [0.05, 0.1) is 25.6 Å². The summed E-state index contributed by atoms with van der Waals surface area (Å²) < 4.78 is 11.5. The largest absolute Gasteiger partial charge is 0.497 e. The van der Waals surface area contributed by atoms with Crippen LogP contribution in [-0.4, -0.2) is 54.6 Å². The second-order valence-electron chi connectivity index (χ2n) is 5.81. The molecular formula is C17H14Cl2N8O2. The van der Waals surface area contributed by atoms with E-state index in [2.05, 4.69) is 31.1 Å². The molecule has 4 rings (SSSR count). The first-order valence-corrected chi connectivity index (χ1v) is 9.04. The quantitative estimate of drug-likeness (QED) is 0.427. The average molecular weight is 433 g/mol. The van der Waals surface area contributed by atoms with Gasteiger partial charge in [-0.25, -0.2) is 0 Å². The zero-order valence-electron chi connectivity index (χ0n) is 15.3. The monoisotopic (exact) mass is 432 g/mol. The normalized spacial score (nSPS) is 11.4. The number of rotatable bonds is 6. The zero-order chi connectivity index (χ0) is 20.4. The van der Waals surface area contributed by atoms with Gasteiger partial charge in [-0.2, -0.15) is 9.36 Å². The molecule has 0 saturated heterocycles. The molecule has 0 atom stereocenters. The molecule has 0 amide bonds. The molecule has 0 fully saturated rings.